The van der Waals surface area contributed by atoms with Crippen LogP contribution in [0.25, 0.3) is 5.76 Å². The Morgan fingerprint density at radius 2 is 1.75 bits per heavy atom. The largest absolute Gasteiger partial charge is 0.506 e. The maximum atomic E-state index is 11.6. The Hall–Kier alpha value is -2.63. The van der Waals surface area contributed by atoms with Crippen LogP contribution in [0.5, 0.6) is 0 Å². The molecule has 0 heterocycles. The summed E-state index contributed by atoms with van der Waals surface area (Å²) in [7, 11) is 1.11. The van der Waals surface area contributed by atoms with Gasteiger partial charge >= 0.3 is 5.97 Å². The van der Waals surface area contributed by atoms with Crippen molar-refractivity contribution in [1.29, 1.82) is 0 Å². The van der Waals surface area contributed by atoms with Gasteiger partial charge in [-0.25, -0.2) is 4.79 Å². The SMILES string of the molecule is COC(=O)/C(C(C)=O)=C(/O)c1ccccc1NC(C)=O. The molecule has 1 amide bonds. The average molecular weight is 277 g/mol. The van der Waals surface area contributed by atoms with Crippen molar-refractivity contribution in [1.82, 2.24) is 0 Å². The molecule has 1 aromatic carbocycles. The van der Waals surface area contributed by atoms with Gasteiger partial charge in [-0.05, 0) is 19.1 Å². The average Bonchev–Trinajstić information content (AvgIpc) is 2.38. The number of anilines is 1. The summed E-state index contributed by atoms with van der Waals surface area (Å²) >= 11 is 0. The Labute approximate surface area is 116 Å². The van der Waals surface area contributed by atoms with E-state index in [0.717, 1.165) is 14.0 Å². The van der Waals surface area contributed by atoms with Crippen molar-refractivity contribution in [2.75, 3.05) is 12.4 Å². The molecule has 0 aliphatic heterocycles. The van der Waals surface area contributed by atoms with E-state index in [9.17, 15) is 19.5 Å². The van der Waals surface area contributed by atoms with Crippen molar-refractivity contribution < 1.29 is 24.2 Å². The Morgan fingerprint density at radius 3 is 2.25 bits per heavy atom. The monoisotopic (exact) mass is 277 g/mol. The van der Waals surface area contributed by atoms with Crippen molar-refractivity contribution in [2.24, 2.45) is 0 Å². The number of esters is 1. The standard InChI is InChI=1S/C14H15NO5/c1-8(16)12(14(19)20-3)13(18)10-6-4-5-7-11(10)15-9(2)17/h4-7,18H,1-3H3,(H,15,17)/b13-12+. The Balaban J connectivity index is 3.44. The second kappa shape index (κ2) is 6.51. The molecule has 0 aliphatic rings. The van der Waals surface area contributed by atoms with Crippen molar-refractivity contribution in [2.45, 2.75) is 13.8 Å². The fourth-order valence-corrected chi connectivity index (χ4v) is 1.63. The lowest BCUT2D eigenvalue weighted by Gasteiger charge is -2.11. The van der Waals surface area contributed by atoms with E-state index >= 15 is 0 Å². The van der Waals surface area contributed by atoms with Crippen LogP contribution >= 0.6 is 0 Å². The van der Waals surface area contributed by atoms with Crippen molar-refractivity contribution >= 4 is 29.1 Å². The lowest BCUT2D eigenvalue weighted by atomic mass is 10.0. The van der Waals surface area contributed by atoms with Gasteiger partial charge in [0.25, 0.3) is 0 Å². The van der Waals surface area contributed by atoms with Gasteiger partial charge in [-0.3, -0.25) is 9.59 Å². The van der Waals surface area contributed by atoms with Gasteiger partial charge < -0.3 is 15.2 Å². The van der Waals surface area contributed by atoms with Crippen LogP contribution in [0.2, 0.25) is 0 Å². The van der Waals surface area contributed by atoms with Gasteiger partial charge in [-0.2, -0.15) is 0 Å². The summed E-state index contributed by atoms with van der Waals surface area (Å²) in [6.07, 6.45) is 0. The summed E-state index contributed by atoms with van der Waals surface area (Å²) in [5.41, 5.74) is -0.0104. The maximum absolute atomic E-state index is 11.6. The van der Waals surface area contributed by atoms with Crippen LogP contribution in [0.1, 0.15) is 19.4 Å². The first kappa shape index (κ1) is 15.4. The third-order valence-corrected chi connectivity index (χ3v) is 2.47. The van der Waals surface area contributed by atoms with E-state index in [4.69, 9.17) is 0 Å². The highest BCUT2D eigenvalue weighted by Gasteiger charge is 2.23. The number of aliphatic hydroxyl groups excluding tert-OH is 1. The zero-order valence-electron chi connectivity index (χ0n) is 11.4. The summed E-state index contributed by atoms with van der Waals surface area (Å²) in [5, 5.41) is 12.7. The summed E-state index contributed by atoms with van der Waals surface area (Å²) in [5.74, 6) is -2.44. The lowest BCUT2D eigenvalue weighted by Crippen LogP contribution is -2.15. The second-order valence-electron chi connectivity index (χ2n) is 4.00. The highest BCUT2D eigenvalue weighted by atomic mass is 16.5. The molecule has 1 aromatic rings. The third-order valence-electron chi connectivity index (χ3n) is 2.47. The number of ketones is 1. The fraction of sp³-hybridized carbons (Fsp3) is 0.214. The predicted octanol–water partition coefficient (Wildman–Crippen LogP) is 1.68. The van der Waals surface area contributed by atoms with E-state index in [2.05, 4.69) is 10.1 Å². The van der Waals surface area contributed by atoms with Crippen LogP contribution < -0.4 is 5.32 Å². The minimum Gasteiger partial charge on any atom is -0.506 e. The molecule has 20 heavy (non-hydrogen) atoms. The molecule has 0 bridgehead atoms. The molecule has 0 aliphatic carbocycles. The lowest BCUT2D eigenvalue weighted by molar-refractivity contribution is -0.137. The molecule has 0 aromatic heterocycles. The molecular weight excluding hydrogens is 262 g/mol. The molecule has 0 saturated heterocycles. The van der Waals surface area contributed by atoms with Gasteiger partial charge in [0.2, 0.25) is 5.91 Å². The van der Waals surface area contributed by atoms with Crippen molar-refractivity contribution in [3.63, 3.8) is 0 Å². The Bertz CT molecular complexity index is 589. The van der Waals surface area contributed by atoms with E-state index in [-0.39, 0.29) is 11.5 Å². The van der Waals surface area contributed by atoms with Gasteiger partial charge in [-0.15, -0.1) is 0 Å². The van der Waals surface area contributed by atoms with Gasteiger partial charge in [0.1, 0.15) is 11.3 Å². The molecule has 106 valence electrons. The Morgan fingerprint density at radius 1 is 1.15 bits per heavy atom. The van der Waals surface area contributed by atoms with Crippen molar-refractivity contribution in [3.05, 3.63) is 35.4 Å². The molecule has 6 heteroatoms. The molecule has 6 nitrogen and oxygen atoms in total. The van der Waals surface area contributed by atoms with Crippen LogP contribution in [0.15, 0.2) is 29.8 Å². The van der Waals surface area contributed by atoms with E-state index in [1.54, 1.807) is 18.2 Å². The number of ether oxygens (including phenoxy) is 1. The van der Waals surface area contributed by atoms with Gasteiger partial charge in [0.05, 0.1) is 12.8 Å². The molecule has 0 radical (unpaired) electrons. The number of Topliss-reactive ketones (excluding diaryl/α,β-unsaturated/α-hetero) is 1. The number of para-hydroxylation sites is 1. The maximum Gasteiger partial charge on any atom is 0.345 e. The number of amides is 1. The van der Waals surface area contributed by atoms with Gasteiger partial charge in [0, 0.05) is 12.5 Å². The minimum absolute atomic E-state index is 0.165. The molecule has 1 rings (SSSR count). The summed E-state index contributed by atoms with van der Waals surface area (Å²) in [6, 6.07) is 6.27. The molecule has 0 atom stereocenters. The van der Waals surface area contributed by atoms with E-state index in [1.165, 1.54) is 13.0 Å². The quantitative estimate of drug-likeness (QED) is 0.287. The summed E-state index contributed by atoms with van der Waals surface area (Å²) in [4.78, 5) is 34.2. The van der Waals surface area contributed by atoms with Gasteiger partial charge in [-0.1, -0.05) is 12.1 Å². The first-order chi connectivity index (χ1) is 9.38. The van der Waals surface area contributed by atoms with E-state index < -0.39 is 23.1 Å². The molecule has 0 fully saturated rings. The third kappa shape index (κ3) is 3.44. The van der Waals surface area contributed by atoms with Gasteiger partial charge in [0.15, 0.2) is 5.78 Å². The van der Waals surface area contributed by atoms with Crippen molar-refractivity contribution in [3.8, 4) is 0 Å². The molecule has 0 unspecified atom stereocenters. The normalized spacial score (nSPS) is 11.3. The van der Waals surface area contributed by atoms with Crippen LogP contribution in [0, 0.1) is 0 Å². The summed E-state index contributed by atoms with van der Waals surface area (Å²) in [6.45, 7) is 2.45. The molecular formula is C14H15NO5. The number of hydrogen-bond acceptors (Lipinski definition) is 5. The smallest absolute Gasteiger partial charge is 0.345 e. The number of rotatable bonds is 4. The van der Waals surface area contributed by atoms with E-state index in [0.29, 0.717) is 5.69 Å². The Kier molecular flexibility index (Phi) is 5.02. The van der Waals surface area contributed by atoms with E-state index in [1.807, 2.05) is 0 Å². The highest BCUT2D eigenvalue weighted by Crippen LogP contribution is 2.25. The number of carbonyl (C=O) groups excluding carboxylic acids is 3. The summed E-state index contributed by atoms with van der Waals surface area (Å²) < 4.78 is 4.47. The topological polar surface area (TPSA) is 92.7 Å². The number of methoxy groups -OCH3 is 1. The van der Waals surface area contributed by atoms with Crippen LogP contribution in [0.3, 0.4) is 0 Å². The molecule has 0 saturated carbocycles. The van der Waals surface area contributed by atoms with Crippen LogP contribution in [0.4, 0.5) is 5.69 Å². The number of carbonyl (C=O) groups is 3. The fourth-order valence-electron chi connectivity index (χ4n) is 1.63. The number of hydrogen-bond donors (Lipinski definition) is 2. The zero-order chi connectivity index (χ0) is 15.3. The first-order valence-electron chi connectivity index (χ1n) is 5.78. The minimum atomic E-state index is -0.937. The zero-order valence-corrected chi connectivity index (χ0v) is 11.4. The number of aliphatic hydroxyl groups is 1. The van der Waals surface area contributed by atoms with Crippen LogP contribution in [-0.4, -0.2) is 29.9 Å². The molecule has 2 N–H and O–H groups in total. The second-order valence-corrected chi connectivity index (χ2v) is 4.00. The number of benzene rings is 1. The molecule has 0 spiro atoms. The predicted molar refractivity (Wildman–Crippen MR) is 73.0 cm³/mol. The first-order valence-corrected chi connectivity index (χ1v) is 5.78. The number of nitrogens with one attached hydrogen (secondary N) is 1. The highest BCUT2D eigenvalue weighted by molar-refractivity contribution is 6.21. The van der Waals surface area contributed by atoms with Crippen LogP contribution in [-0.2, 0) is 19.1 Å².